The third-order valence-corrected chi connectivity index (χ3v) is 4.92. The zero-order valence-corrected chi connectivity index (χ0v) is 16.0. The summed E-state index contributed by atoms with van der Waals surface area (Å²) in [5.41, 5.74) is 2.71. The number of nitrogens with one attached hydrogen (secondary N) is 1. The number of carbonyl (C=O) groups is 1. The van der Waals surface area contributed by atoms with Gasteiger partial charge >= 0.3 is 6.03 Å². The fraction of sp³-hybridized carbons (Fsp3) is 0.381. The molecule has 1 heterocycles. The number of hydrogen-bond donors (Lipinski definition) is 1. The Labute approximate surface area is 160 Å². The minimum Gasteiger partial charge on any atom is -0.369 e. The first kappa shape index (κ1) is 19.2. The van der Waals surface area contributed by atoms with Crippen molar-refractivity contribution in [3.63, 3.8) is 0 Å². The van der Waals surface area contributed by atoms with Gasteiger partial charge in [-0.1, -0.05) is 12.1 Å². The molecule has 1 saturated heterocycles. The van der Waals surface area contributed by atoms with Gasteiger partial charge < -0.3 is 20.0 Å². The Morgan fingerprint density at radius 1 is 1.11 bits per heavy atom. The standard InChI is InChI=1S/C21H27FN4O/c1-3-25(16-17-5-4-6-18(22)15-17)21(27)23-19-7-9-20(10-8-19)26-13-11-24(2)12-14-26/h4-10,15H,3,11-14,16H2,1-2H3,(H,23,27). The molecule has 0 aromatic heterocycles. The van der Waals surface area contributed by atoms with Gasteiger partial charge in [0.15, 0.2) is 0 Å². The largest absolute Gasteiger partial charge is 0.369 e. The highest BCUT2D eigenvalue weighted by Crippen LogP contribution is 2.20. The lowest BCUT2D eigenvalue weighted by atomic mass is 10.2. The summed E-state index contributed by atoms with van der Waals surface area (Å²) in [6, 6.07) is 14.1. The van der Waals surface area contributed by atoms with Crippen molar-refractivity contribution < 1.29 is 9.18 Å². The molecule has 3 rings (SSSR count). The van der Waals surface area contributed by atoms with Gasteiger partial charge in [0.25, 0.3) is 0 Å². The first-order valence-electron chi connectivity index (χ1n) is 9.39. The number of piperazine rings is 1. The highest BCUT2D eigenvalue weighted by molar-refractivity contribution is 5.89. The number of rotatable bonds is 5. The van der Waals surface area contributed by atoms with Gasteiger partial charge in [0.2, 0.25) is 0 Å². The summed E-state index contributed by atoms with van der Waals surface area (Å²) in [5.74, 6) is -0.288. The predicted octanol–water partition coefficient (Wildman–Crippen LogP) is 3.63. The van der Waals surface area contributed by atoms with Crippen LogP contribution in [0.25, 0.3) is 0 Å². The molecule has 27 heavy (non-hydrogen) atoms. The van der Waals surface area contributed by atoms with Crippen molar-refractivity contribution in [2.24, 2.45) is 0 Å². The summed E-state index contributed by atoms with van der Waals surface area (Å²) in [7, 11) is 2.14. The SMILES string of the molecule is CCN(Cc1cccc(F)c1)C(=O)Nc1ccc(N2CCN(C)CC2)cc1. The molecule has 0 radical (unpaired) electrons. The first-order chi connectivity index (χ1) is 13.0. The summed E-state index contributed by atoms with van der Waals surface area (Å²) in [4.78, 5) is 18.9. The van der Waals surface area contributed by atoms with Crippen LogP contribution in [0.3, 0.4) is 0 Å². The normalized spacial score (nSPS) is 14.9. The van der Waals surface area contributed by atoms with Gasteiger partial charge in [-0.15, -0.1) is 0 Å². The molecule has 2 aromatic carbocycles. The molecule has 0 saturated carbocycles. The van der Waals surface area contributed by atoms with E-state index in [2.05, 4.69) is 22.2 Å². The van der Waals surface area contributed by atoms with E-state index in [0.717, 1.165) is 37.4 Å². The lowest BCUT2D eigenvalue weighted by molar-refractivity contribution is 0.212. The number of halogens is 1. The van der Waals surface area contributed by atoms with Gasteiger partial charge in [0.05, 0.1) is 0 Å². The number of hydrogen-bond acceptors (Lipinski definition) is 3. The molecule has 2 aromatic rings. The molecule has 0 spiro atoms. The molecule has 1 aliphatic rings. The lowest BCUT2D eigenvalue weighted by Gasteiger charge is -2.34. The molecule has 0 atom stereocenters. The van der Waals surface area contributed by atoms with Crippen LogP contribution in [0, 0.1) is 5.82 Å². The van der Waals surface area contributed by atoms with E-state index in [4.69, 9.17) is 0 Å². The van der Waals surface area contributed by atoms with Crippen LogP contribution in [0.2, 0.25) is 0 Å². The minimum absolute atomic E-state index is 0.186. The second-order valence-electron chi connectivity index (χ2n) is 6.91. The number of nitrogens with zero attached hydrogens (tertiary/aromatic N) is 3. The molecular weight excluding hydrogens is 343 g/mol. The maximum atomic E-state index is 13.4. The van der Waals surface area contributed by atoms with Crippen LogP contribution in [0.5, 0.6) is 0 Å². The summed E-state index contributed by atoms with van der Waals surface area (Å²) >= 11 is 0. The Morgan fingerprint density at radius 3 is 2.44 bits per heavy atom. The number of likely N-dealkylation sites (N-methyl/N-ethyl adjacent to an activating group) is 1. The average molecular weight is 370 g/mol. The molecule has 1 fully saturated rings. The summed E-state index contributed by atoms with van der Waals surface area (Å²) in [6.07, 6.45) is 0. The van der Waals surface area contributed by atoms with Gasteiger partial charge in [-0.25, -0.2) is 9.18 Å². The van der Waals surface area contributed by atoms with E-state index in [9.17, 15) is 9.18 Å². The molecule has 144 valence electrons. The first-order valence-corrected chi connectivity index (χ1v) is 9.39. The van der Waals surface area contributed by atoms with Crippen LogP contribution in [0.4, 0.5) is 20.6 Å². The molecule has 1 aliphatic heterocycles. The van der Waals surface area contributed by atoms with Gasteiger partial charge in [0, 0.05) is 50.6 Å². The van der Waals surface area contributed by atoms with Gasteiger partial charge in [-0.2, -0.15) is 0 Å². The average Bonchev–Trinajstić information content (AvgIpc) is 2.67. The van der Waals surface area contributed by atoms with E-state index in [1.807, 2.05) is 37.3 Å². The van der Waals surface area contributed by atoms with Crippen LogP contribution >= 0.6 is 0 Å². The molecular formula is C21H27FN4O. The second kappa shape index (κ2) is 8.86. The van der Waals surface area contributed by atoms with Crippen LogP contribution in [-0.2, 0) is 6.54 Å². The van der Waals surface area contributed by atoms with E-state index < -0.39 is 0 Å². The zero-order chi connectivity index (χ0) is 19.2. The third-order valence-electron chi connectivity index (χ3n) is 4.92. The van der Waals surface area contributed by atoms with Crippen LogP contribution in [0.1, 0.15) is 12.5 Å². The van der Waals surface area contributed by atoms with Crippen molar-refractivity contribution in [1.82, 2.24) is 9.80 Å². The van der Waals surface area contributed by atoms with Crippen LogP contribution in [-0.4, -0.2) is 55.6 Å². The molecule has 1 N–H and O–H groups in total. The van der Waals surface area contributed by atoms with Crippen LogP contribution < -0.4 is 10.2 Å². The van der Waals surface area contributed by atoms with Gasteiger partial charge in [0.1, 0.15) is 5.82 Å². The summed E-state index contributed by atoms with van der Waals surface area (Å²) < 4.78 is 13.4. The molecule has 0 bridgehead atoms. The monoisotopic (exact) mass is 370 g/mol. The molecule has 2 amide bonds. The Morgan fingerprint density at radius 2 is 1.81 bits per heavy atom. The van der Waals surface area contributed by atoms with Crippen LogP contribution in [0.15, 0.2) is 48.5 Å². The number of carbonyl (C=O) groups excluding carboxylic acids is 1. The Bertz CT molecular complexity index is 757. The van der Waals surface area contributed by atoms with Crippen molar-refractivity contribution in [3.8, 4) is 0 Å². The number of urea groups is 1. The maximum Gasteiger partial charge on any atom is 0.322 e. The minimum atomic E-state index is -0.288. The maximum absolute atomic E-state index is 13.4. The predicted molar refractivity (Wildman–Crippen MR) is 108 cm³/mol. The highest BCUT2D eigenvalue weighted by atomic mass is 19.1. The molecule has 5 nitrogen and oxygen atoms in total. The van der Waals surface area contributed by atoms with Crippen molar-refractivity contribution >= 4 is 17.4 Å². The lowest BCUT2D eigenvalue weighted by Crippen LogP contribution is -2.44. The topological polar surface area (TPSA) is 38.8 Å². The van der Waals surface area contributed by atoms with E-state index in [-0.39, 0.29) is 11.8 Å². The number of amides is 2. The molecule has 0 unspecified atom stereocenters. The molecule has 6 heteroatoms. The fourth-order valence-electron chi connectivity index (χ4n) is 3.21. The third kappa shape index (κ3) is 5.20. The molecule has 0 aliphatic carbocycles. The Hall–Kier alpha value is -2.60. The quantitative estimate of drug-likeness (QED) is 0.874. The van der Waals surface area contributed by atoms with E-state index in [0.29, 0.717) is 13.1 Å². The Kier molecular flexibility index (Phi) is 6.29. The van der Waals surface area contributed by atoms with E-state index in [1.165, 1.54) is 17.8 Å². The highest BCUT2D eigenvalue weighted by Gasteiger charge is 2.15. The van der Waals surface area contributed by atoms with E-state index >= 15 is 0 Å². The second-order valence-corrected chi connectivity index (χ2v) is 6.91. The Balaban J connectivity index is 1.59. The van der Waals surface area contributed by atoms with Crippen molar-refractivity contribution in [1.29, 1.82) is 0 Å². The number of benzene rings is 2. The number of anilines is 2. The van der Waals surface area contributed by atoms with Crippen molar-refractivity contribution in [3.05, 3.63) is 59.9 Å². The zero-order valence-electron chi connectivity index (χ0n) is 16.0. The summed E-state index contributed by atoms with van der Waals surface area (Å²) in [6.45, 7) is 6.98. The van der Waals surface area contributed by atoms with Gasteiger partial charge in [-0.3, -0.25) is 0 Å². The van der Waals surface area contributed by atoms with E-state index in [1.54, 1.807) is 11.0 Å². The van der Waals surface area contributed by atoms with Crippen molar-refractivity contribution in [2.45, 2.75) is 13.5 Å². The fourth-order valence-corrected chi connectivity index (χ4v) is 3.21. The summed E-state index contributed by atoms with van der Waals surface area (Å²) in [5, 5.41) is 2.93. The van der Waals surface area contributed by atoms with Gasteiger partial charge in [-0.05, 0) is 55.9 Å². The smallest absolute Gasteiger partial charge is 0.322 e. The van der Waals surface area contributed by atoms with Crippen molar-refractivity contribution in [2.75, 3.05) is 50.0 Å².